The summed E-state index contributed by atoms with van der Waals surface area (Å²) in [6.07, 6.45) is 0.410. The number of carbonyl (C=O) groups excluding carboxylic acids is 1. The predicted molar refractivity (Wildman–Crippen MR) is 89.4 cm³/mol. The number of nitrogens with one attached hydrogen (secondary N) is 2. The molecule has 0 bridgehead atoms. The number of benzene rings is 2. The van der Waals surface area contributed by atoms with Gasteiger partial charge in [-0.15, -0.1) is 0 Å². The fourth-order valence-corrected chi connectivity index (χ4v) is 2.94. The van der Waals surface area contributed by atoms with Crippen LogP contribution in [0.4, 0.5) is 0 Å². The van der Waals surface area contributed by atoms with Gasteiger partial charge in [0.05, 0.1) is 5.69 Å². The molecule has 0 spiro atoms. The van der Waals surface area contributed by atoms with Crippen molar-refractivity contribution < 1.29 is 4.79 Å². The number of aromatic nitrogens is 2. The second-order valence-corrected chi connectivity index (χ2v) is 5.74. The highest BCUT2D eigenvalue weighted by molar-refractivity contribution is 6.00. The minimum absolute atomic E-state index is 0.114. The average molecular weight is 288 g/mol. The molecule has 0 saturated carbocycles. The van der Waals surface area contributed by atoms with Crippen molar-refractivity contribution in [2.75, 3.05) is 0 Å². The van der Waals surface area contributed by atoms with E-state index in [1.807, 2.05) is 49.4 Å². The Morgan fingerprint density at radius 1 is 0.909 bits per heavy atom. The van der Waals surface area contributed by atoms with Gasteiger partial charge in [0.25, 0.3) is 0 Å². The van der Waals surface area contributed by atoms with Crippen molar-refractivity contribution in [2.45, 2.75) is 13.3 Å². The Morgan fingerprint density at radius 2 is 1.73 bits per heavy atom. The first-order valence-corrected chi connectivity index (χ1v) is 7.38. The number of rotatable bonds is 3. The van der Waals surface area contributed by atoms with Gasteiger partial charge in [-0.1, -0.05) is 24.3 Å². The van der Waals surface area contributed by atoms with E-state index in [0.717, 1.165) is 33.1 Å². The van der Waals surface area contributed by atoms with Crippen molar-refractivity contribution in [3.05, 3.63) is 71.5 Å². The first-order valence-electron chi connectivity index (χ1n) is 7.38. The Morgan fingerprint density at radius 3 is 2.59 bits per heavy atom. The number of carbonyl (C=O) groups is 1. The van der Waals surface area contributed by atoms with Gasteiger partial charge in [0, 0.05) is 28.5 Å². The molecule has 0 aliphatic rings. The van der Waals surface area contributed by atoms with Crippen LogP contribution in [0.2, 0.25) is 0 Å². The average Bonchev–Trinajstić information content (AvgIpc) is 3.08. The minimum atomic E-state index is 0.114. The molecular formula is C19H16N2O. The second kappa shape index (κ2) is 4.88. The zero-order valence-corrected chi connectivity index (χ0v) is 12.3. The highest BCUT2D eigenvalue weighted by Crippen LogP contribution is 2.19. The predicted octanol–water partition coefficient (Wildman–Crippen LogP) is 4.38. The SMILES string of the molecule is Cc1cc2cc(CC(=O)c3cc4ccccc4[nH]3)ccc2[nH]1. The normalized spacial score (nSPS) is 11.3. The number of fused-ring (bicyclic) bond motifs is 2. The lowest BCUT2D eigenvalue weighted by molar-refractivity contribution is 0.0989. The first-order chi connectivity index (χ1) is 10.7. The highest BCUT2D eigenvalue weighted by atomic mass is 16.1. The van der Waals surface area contributed by atoms with Crippen LogP contribution in [0.1, 0.15) is 21.7 Å². The van der Waals surface area contributed by atoms with Crippen LogP contribution < -0.4 is 0 Å². The van der Waals surface area contributed by atoms with Gasteiger partial charge < -0.3 is 9.97 Å². The molecule has 2 N–H and O–H groups in total. The summed E-state index contributed by atoms with van der Waals surface area (Å²) in [6.45, 7) is 2.04. The number of aryl methyl sites for hydroxylation is 1. The van der Waals surface area contributed by atoms with Crippen LogP contribution in [-0.4, -0.2) is 15.8 Å². The molecule has 2 heterocycles. The molecular weight excluding hydrogens is 272 g/mol. The zero-order chi connectivity index (χ0) is 15.1. The summed E-state index contributed by atoms with van der Waals surface area (Å²) in [5.41, 5.74) is 4.96. The standard InChI is InChI=1S/C19H16N2O/c1-12-8-15-9-13(6-7-17(15)20-12)10-19(22)18-11-14-4-2-3-5-16(14)21-18/h2-9,11,20-21H,10H2,1H3. The third kappa shape index (κ3) is 2.21. The van der Waals surface area contributed by atoms with Crippen molar-refractivity contribution in [3.8, 4) is 0 Å². The fourth-order valence-electron chi connectivity index (χ4n) is 2.94. The summed E-state index contributed by atoms with van der Waals surface area (Å²) in [6, 6.07) is 18.1. The lowest BCUT2D eigenvalue weighted by Gasteiger charge is -2.00. The molecule has 4 rings (SSSR count). The number of Topliss-reactive ketones (excluding diaryl/α,β-unsaturated/α-hetero) is 1. The second-order valence-electron chi connectivity index (χ2n) is 5.74. The number of hydrogen-bond donors (Lipinski definition) is 2. The summed E-state index contributed by atoms with van der Waals surface area (Å²) >= 11 is 0. The summed E-state index contributed by atoms with van der Waals surface area (Å²) in [5, 5.41) is 2.22. The number of hydrogen-bond acceptors (Lipinski definition) is 1. The molecule has 0 aliphatic carbocycles. The Bertz CT molecular complexity index is 958. The number of H-pyrrole nitrogens is 2. The van der Waals surface area contributed by atoms with Gasteiger partial charge in [-0.2, -0.15) is 0 Å². The summed E-state index contributed by atoms with van der Waals surface area (Å²) in [4.78, 5) is 19.0. The molecule has 3 heteroatoms. The van der Waals surface area contributed by atoms with Crippen LogP contribution in [0.15, 0.2) is 54.6 Å². The first kappa shape index (κ1) is 12.9. The molecule has 0 saturated heterocycles. The fraction of sp³-hybridized carbons (Fsp3) is 0.105. The number of ketones is 1. The Balaban J connectivity index is 1.64. The number of para-hydroxylation sites is 1. The van der Waals surface area contributed by atoms with Gasteiger partial charge in [-0.25, -0.2) is 0 Å². The van der Waals surface area contributed by atoms with Gasteiger partial charge in [0.1, 0.15) is 0 Å². The molecule has 4 aromatic rings. The Kier molecular flexibility index (Phi) is 2.86. The van der Waals surface area contributed by atoms with Gasteiger partial charge in [-0.05, 0) is 48.2 Å². The molecule has 0 atom stereocenters. The van der Waals surface area contributed by atoms with E-state index in [0.29, 0.717) is 12.1 Å². The Labute approximate surface area is 128 Å². The maximum Gasteiger partial charge on any atom is 0.183 e. The smallest absolute Gasteiger partial charge is 0.183 e. The van der Waals surface area contributed by atoms with Crippen molar-refractivity contribution >= 4 is 27.6 Å². The lowest BCUT2D eigenvalue weighted by Crippen LogP contribution is -2.03. The molecule has 2 aromatic carbocycles. The van der Waals surface area contributed by atoms with Crippen molar-refractivity contribution in [3.63, 3.8) is 0 Å². The third-order valence-electron chi connectivity index (χ3n) is 4.01. The van der Waals surface area contributed by atoms with Gasteiger partial charge in [-0.3, -0.25) is 4.79 Å². The molecule has 0 amide bonds. The Hall–Kier alpha value is -2.81. The third-order valence-corrected chi connectivity index (χ3v) is 4.01. The molecule has 108 valence electrons. The van der Waals surface area contributed by atoms with Crippen molar-refractivity contribution in [1.82, 2.24) is 9.97 Å². The lowest BCUT2D eigenvalue weighted by atomic mass is 10.1. The number of aromatic amines is 2. The van der Waals surface area contributed by atoms with E-state index >= 15 is 0 Å². The van der Waals surface area contributed by atoms with E-state index < -0.39 is 0 Å². The van der Waals surface area contributed by atoms with Gasteiger partial charge in [0.2, 0.25) is 0 Å². The quantitative estimate of drug-likeness (QED) is 0.540. The largest absolute Gasteiger partial charge is 0.359 e. The molecule has 0 fully saturated rings. The summed E-state index contributed by atoms with van der Waals surface area (Å²) in [7, 11) is 0. The zero-order valence-electron chi connectivity index (χ0n) is 12.3. The van der Waals surface area contributed by atoms with Crippen LogP contribution in [0, 0.1) is 6.92 Å². The molecule has 22 heavy (non-hydrogen) atoms. The van der Waals surface area contributed by atoms with E-state index in [1.165, 1.54) is 0 Å². The molecule has 3 nitrogen and oxygen atoms in total. The van der Waals surface area contributed by atoms with Crippen LogP contribution in [-0.2, 0) is 6.42 Å². The van der Waals surface area contributed by atoms with Crippen molar-refractivity contribution in [2.24, 2.45) is 0 Å². The monoisotopic (exact) mass is 288 g/mol. The van der Waals surface area contributed by atoms with E-state index in [4.69, 9.17) is 0 Å². The van der Waals surface area contributed by atoms with E-state index in [1.54, 1.807) is 0 Å². The maximum atomic E-state index is 12.5. The van der Waals surface area contributed by atoms with E-state index in [2.05, 4.69) is 22.1 Å². The summed E-state index contributed by atoms with van der Waals surface area (Å²) < 4.78 is 0. The molecule has 0 unspecified atom stereocenters. The molecule has 2 aromatic heterocycles. The van der Waals surface area contributed by atoms with Gasteiger partial charge >= 0.3 is 0 Å². The maximum absolute atomic E-state index is 12.5. The molecule has 0 radical (unpaired) electrons. The van der Waals surface area contributed by atoms with Gasteiger partial charge in [0.15, 0.2) is 5.78 Å². The van der Waals surface area contributed by atoms with E-state index in [-0.39, 0.29) is 5.78 Å². The minimum Gasteiger partial charge on any atom is -0.359 e. The summed E-state index contributed by atoms with van der Waals surface area (Å²) in [5.74, 6) is 0.114. The van der Waals surface area contributed by atoms with Crippen LogP contribution >= 0.6 is 0 Å². The van der Waals surface area contributed by atoms with E-state index in [9.17, 15) is 4.79 Å². The van der Waals surface area contributed by atoms with Crippen LogP contribution in [0.3, 0.4) is 0 Å². The molecule has 0 aliphatic heterocycles. The van der Waals surface area contributed by atoms with Crippen LogP contribution in [0.5, 0.6) is 0 Å². The van der Waals surface area contributed by atoms with Crippen molar-refractivity contribution in [1.29, 1.82) is 0 Å². The van der Waals surface area contributed by atoms with Crippen LogP contribution in [0.25, 0.3) is 21.8 Å². The highest BCUT2D eigenvalue weighted by Gasteiger charge is 2.11. The topological polar surface area (TPSA) is 48.6 Å².